The number of carbonyl (C=O) groups excluding carboxylic acids is 2. The maximum Gasteiger partial charge on any atom is 0.322 e. The second kappa shape index (κ2) is 10.1. The summed E-state index contributed by atoms with van der Waals surface area (Å²) in [4.78, 5) is 27.0. The lowest BCUT2D eigenvalue weighted by molar-refractivity contribution is -0.116. The molecule has 174 valence electrons. The van der Waals surface area contributed by atoms with Crippen molar-refractivity contribution in [2.45, 2.75) is 40.0 Å². The highest BCUT2D eigenvalue weighted by atomic mass is 35.5. The van der Waals surface area contributed by atoms with Crippen LogP contribution in [0.5, 0.6) is 0 Å². The number of nitrogens with zero attached hydrogens (tertiary/aromatic N) is 3. The van der Waals surface area contributed by atoms with E-state index >= 15 is 0 Å². The lowest BCUT2D eigenvalue weighted by Crippen LogP contribution is -2.40. The van der Waals surface area contributed by atoms with Crippen molar-refractivity contribution >= 4 is 35.0 Å². The Balaban J connectivity index is 1.76. The molecule has 0 fully saturated rings. The summed E-state index contributed by atoms with van der Waals surface area (Å²) in [5.41, 5.74) is 3.25. The first-order chi connectivity index (χ1) is 15.6. The Bertz CT molecular complexity index is 1120. The maximum atomic E-state index is 12.9. The van der Waals surface area contributed by atoms with Crippen molar-refractivity contribution in [2.75, 3.05) is 23.7 Å². The van der Waals surface area contributed by atoms with E-state index in [1.165, 1.54) is 4.90 Å². The van der Waals surface area contributed by atoms with Crippen LogP contribution >= 0.6 is 11.6 Å². The number of hydrogen-bond acceptors (Lipinski definition) is 3. The Morgan fingerprint density at radius 2 is 1.67 bits per heavy atom. The number of rotatable bonds is 6. The van der Waals surface area contributed by atoms with Crippen molar-refractivity contribution in [1.82, 2.24) is 14.7 Å². The molecule has 0 unspecified atom stereocenters. The highest BCUT2D eigenvalue weighted by Crippen LogP contribution is 2.26. The molecule has 0 saturated heterocycles. The quantitative estimate of drug-likeness (QED) is 0.493. The minimum Gasteiger partial charge on any atom is -0.315 e. The number of hydrogen-bond donors (Lipinski definition) is 2. The number of urea groups is 1. The van der Waals surface area contributed by atoms with Gasteiger partial charge in [-0.05, 0) is 50.2 Å². The van der Waals surface area contributed by atoms with Crippen molar-refractivity contribution in [3.8, 4) is 5.69 Å². The van der Waals surface area contributed by atoms with E-state index in [0.717, 1.165) is 16.9 Å². The highest BCUT2D eigenvalue weighted by Gasteiger charge is 2.23. The fraction of sp³-hybridized carbons (Fsp3) is 0.320. The Hall–Kier alpha value is -3.32. The lowest BCUT2D eigenvalue weighted by Gasteiger charge is -2.21. The summed E-state index contributed by atoms with van der Waals surface area (Å²) >= 11 is 5.90. The van der Waals surface area contributed by atoms with E-state index in [0.29, 0.717) is 23.1 Å². The molecule has 0 atom stereocenters. The zero-order chi connectivity index (χ0) is 24.2. The van der Waals surface area contributed by atoms with Crippen LogP contribution in [0.25, 0.3) is 5.69 Å². The van der Waals surface area contributed by atoms with Gasteiger partial charge in [-0.1, -0.05) is 50.1 Å². The molecule has 8 heteroatoms. The first-order valence-corrected chi connectivity index (χ1v) is 11.2. The van der Waals surface area contributed by atoms with Crippen molar-refractivity contribution in [2.24, 2.45) is 0 Å². The molecule has 0 aliphatic rings. The van der Waals surface area contributed by atoms with Crippen molar-refractivity contribution < 1.29 is 9.59 Å². The SMILES string of the molecule is CCN(CC(=O)Nc1cc(C(C)(C)C)nn1-c1ccc(C)cc1)C(=O)Nc1ccc(Cl)cc1. The van der Waals surface area contributed by atoms with Crippen LogP contribution in [-0.4, -0.2) is 39.7 Å². The number of amides is 3. The second-order valence-corrected chi connectivity index (χ2v) is 9.35. The van der Waals surface area contributed by atoms with Crippen molar-refractivity contribution in [3.63, 3.8) is 0 Å². The number of aryl methyl sites for hydroxylation is 1. The standard InChI is InChI=1S/C25H30ClN5O2/c1-6-30(24(33)27-19-11-9-18(26)10-12-19)16-23(32)28-22-15-21(25(3,4)5)29-31(22)20-13-7-17(2)8-14-20/h7-15H,6,16H2,1-5H3,(H,27,33)(H,28,32). The van der Waals surface area contributed by atoms with E-state index in [4.69, 9.17) is 16.7 Å². The molecule has 3 aromatic rings. The van der Waals surface area contributed by atoms with E-state index in [9.17, 15) is 9.59 Å². The summed E-state index contributed by atoms with van der Waals surface area (Å²) in [6.07, 6.45) is 0. The van der Waals surface area contributed by atoms with E-state index in [-0.39, 0.29) is 23.9 Å². The molecule has 0 saturated carbocycles. The lowest BCUT2D eigenvalue weighted by atomic mass is 9.92. The predicted octanol–water partition coefficient (Wildman–Crippen LogP) is 5.62. The molecule has 2 aromatic carbocycles. The molecule has 7 nitrogen and oxygen atoms in total. The summed E-state index contributed by atoms with van der Waals surface area (Å²) in [5.74, 6) is 0.250. The van der Waals surface area contributed by atoms with E-state index in [2.05, 4.69) is 31.4 Å². The van der Waals surface area contributed by atoms with Crippen LogP contribution in [0.1, 0.15) is 39.0 Å². The van der Waals surface area contributed by atoms with Gasteiger partial charge in [0.05, 0.1) is 11.4 Å². The summed E-state index contributed by atoms with van der Waals surface area (Å²) in [5, 5.41) is 11.0. The van der Waals surface area contributed by atoms with Crippen LogP contribution in [0.15, 0.2) is 54.6 Å². The zero-order valence-electron chi connectivity index (χ0n) is 19.6. The first kappa shape index (κ1) is 24.3. The van der Waals surface area contributed by atoms with Gasteiger partial charge >= 0.3 is 6.03 Å². The van der Waals surface area contributed by atoms with Gasteiger partial charge < -0.3 is 15.5 Å². The molecule has 0 aliphatic heterocycles. The average Bonchev–Trinajstić information content (AvgIpc) is 3.18. The smallest absolute Gasteiger partial charge is 0.315 e. The summed E-state index contributed by atoms with van der Waals surface area (Å²) in [6, 6.07) is 16.2. The van der Waals surface area contributed by atoms with Gasteiger partial charge in [-0.15, -0.1) is 0 Å². The molecule has 0 spiro atoms. The number of likely N-dealkylation sites (N-methyl/N-ethyl adjacent to an activating group) is 1. The molecule has 0 bridgehead atoms. The summed E-state index contributed by atoms with van der Waals surface area (Å²) in [7, 11) is 0. The van der Waals surface area contributed by atoms with Crippen molar-refractivity contribution in [1.29, 1.82) is 0 Å². The average molecular weight is 468 g/mol. The van der Waals surface area contributed by atoms with Crippen molar-refractivity contribution in [3.05, 3.63) is 70.9 Å². The molecule has 33 heavy (non-hydrogen) atoms. The monoisotopic (exact) mass is 467 g/mol. The Morgan fingerprint density at radius 1 is 1.03 bits per heavy atom. The largest absolute Gasteiger partial charge is 0.322 e. The normalized spacial score (nSPS) is 11.2. The van der Waals surface area contributed by atoms with E-state index < -0.39 is 0 Å². The fourth-order valence-corrected chi connectivity index (χ4v) is 3.26. The van der Waals surface area contributed by atoms with Crippen LogP contribution in [0.4, 0.5) is 16.3 Å². The molecular weight excluding hydrogens is 438 g/mol. The van der Waals surface area contributed by atoms with Crippen LogP contribution in [0.3, 0.4) is 0 Å². The molecule has 0 aliphatic carbocycles. The molecule has 0 radical (unpaired) electrons. The van der Waals surface area contributed by atoms with Crippen LogP contribution < -0.4 is 10.6 Å². The molecule has 2 N–H and O–H groups in total. The number of halogens is 1. The summed E-state index contributed by atoms with van der Waals surface area (Å²) in [6.45, 7) is 10.3. The second-order valence-electron chi connectivity index (χ2n) is 8.91. The summed E-state index contributed by atoms with van der Waals surface area (Å²) < 4.78 is 1.72. The number of nitrogens with one attached hydrogen (secondary N) is 2. The van der Waals surface area contributed by atoms with Crippen LogP contribution in [0, 0.1) is 6.92 Å². The molecule has 3 amide bonds. The highest BCUT2D eigenvalue weighted by molar-refractivity contribution is 6.30. The van der Waals surface area contributed by atoms with Gasteiger partial charge in [0.2, 0.25) is 5.91 Å². The minimum atomic E-state index is -0.364. The third kappa shape index (κ3) is 6.35. The predicted molar refractivity (Wildman–Crippen MR) is 133 cm³/mol. The van der Waals surface area contributed by atoms with Gasteiger partial charge in [-0.3, -0.25) is 4.79 Å². The molecular formula is C25H30ClN5O2. The van der Waals surface area contributed by atoms with Gasteiger partial charge in [0.1, 0.15) is 12.4 Å². The van der Waals surface area contributed by atoms with Gasteiger partial charge in [0.25, 0.3) is 0 Å². The zero-order valence-corrected chi connectivity index (χ0v) is 20.4. The van der Waals surface area contributed by atoms with Crippen LogP contribution in [0.2, 0.25) is 5.02 Å². The Labute approximate surface area is 199 Å². The molecule has 3 rings (SSSR count). The Morgan fingerprint density at radius 3 is 2.24 bits per heavy atom. The number of anilines is 2. The van der Waals surface area contributed by atoms with Gasteiger partial charge in [0, 0.05) is 28.7 Å². The first-order valence-electron chi connectivity index (χ1n) is 10.9. The maximum absolute atomic E-state index is 12.9. The third-order valence-electron chi connectivity index (χ3n) is 5.12. The number of carbonyl (C=O) groups is 2. The molecule has 1 aromatic heterocycles. The third-order valence-corrected chi connectivity index (χ3v) is 5.37. The van der Waals surface area contributed by atoms with E-state index in [1.807, 2.05) is 44.2 Å². The topological polar surface area (TPSA) is 79.3 Å². The van der Waals surface area contributed by atoms with Gasteiger partial charge in [-0.25, -0.2) is 9.48 Å². The van der Waals surface area contributed by atoms with Gasteiger partial charge in [-0.2, -0.15) is 5.10 Å². The van der Waals surface area contributed by atoms with Crippen LogP contribution in [-0.2, 0) is 10.2 Å². The minimum absolute atomic E-state index is 0.0974. The molecule has 1 heterocycles. The Kier molecular flexibility index (Phi) is 7.43. The fourth-order valence-electron chi connectivity index (χ4n) is 3.14. The number of aromatic nitrogens is 2. The number of benzene rings is 2. The van der Waals surface area contributed by atoms with Gasteiger partial charge in [0.15, 0.2) is 0 Å². The van der Waals surface area contributed by atoms with E-state index in [1.54, 1.807) is 28.9 Å².